The van der Waals surface area contributed by atoms with Crippen LogP contribution in [0.1, 0.15) is 53.0 Å². The number of likely N-dealkylation sites (tertiary alicyclic amines) is 1. The van der Waals surface area contributed by atoms with E-state index in [4.69, 9.17) is 9.15 Å². The van der Waals surface area contributed by atoms with Gasteiger partial charge < -0.3 is 19.0 Å². The highest BCUT2D eigenvalue weighted by Crippen LogP contribution is 2.33. The van der Waals surface area contributed by atoms with Crippen molar-refractivity contribution in [2.24, 2.45) is 0 Å². The molecule has 158 valence electrons. The minimum Gasteiger partial charge on any atom is -0.496 e. The van der Waals surface area contributed by atoms with Gasteiger partial charge in [0, 0.05) is 29.4 Å². The first kappa shape index (κ1) is 19.4. The summed E-state index contributed by atoms with van der Waals surface area (Å²) in [4.78, 5) is 23.0. The van der Waals surface area contributed by atoms with Crippen LogP contribution in [0.5, 0.6) is 5.75 Å². The molecule has 1 aliphatic heterocycles. The van der Waals surface area contributed by atoms with Gasteiger partial charge in [-0.2, -0.15) is 0 Å². The summed E-state index contributed by atoms with van der Waals surface area (Å²) in [7, 11) is 1.67. The molecule has 5 rings (SSSR count). The summed E-state index contributed by atoms with van der Waals surface area (Å²) in [6, 6.07) is 17.6. The molecule has 0 aliphatic carbocycles. The highest BCUT2D eigenvalue weighted by Gasteiger charge is 2.32. The Labute approximate surface area is 180 Å². The van der Waals surface area contributed by atoms with Gasteiger partial charge in [0.2, 0.25) is 5.89 Å². The van der Waals surface area contributed by atoms with Gasteiger partial charge in [0.1, 0.15) is 23.2 Å². The number of para-hydroxylation sites is 2. The molecule has 1 atom stereocenters. The van der Waals surface area contributed by atoms with E-state index in [9.17, 15) is 4.79 Å². The van der Waals surface area contributed by atoms with Gasteiger partial charge in [-0.25, -0.2) is 4.98 Å². The summed E-state index contributed by atoms with van der Waals surface area (Å²) in [5.74, 6) is 2.19. The molecule has 1 N–H and O–H groups in total. The lowest BCUT2D eigenvalue weighted by Crippen LogP contribution is -2.38. The predicted octanol–water partition coefficient (Wildman–Crippen LogP) is 5.12. The van der Waals surface area contributed by atoms with E-state index in [1.54, 1.807) is 13.3 Å². The van der Waals surface area contributed by atoms with Gasteiger partial charge in [0.15, 0.2) is 0 Å². The van der Waals surface area contributed by atoms with Crippen molar-refractivity contribution in [2.75, 3.05) is 13.7 Å². The lowest BCUT2D eigenvalue weighted by atomic mass is 10.0. The fourth-order valence-electron chi connectivity index (χ4n) is 4.37. The molecule has 2 aromatic heterocycles. The van der Waals surface area contributed by atoms with Gasteiger partial charge in [-0.3, -0.25) is 4.79 Å². The maximum absolute atomic E-state index is 13.3. The zero-order valence-electron chi connectivity index (χ0n) is 17.5. The smallest absolute Gasteiger partial charge is 0.270 e. The van der Waals surface area contributed by atoms with Gasteiger partial charge in [-0.15, -0.1) is 0 Å². The number of nitrogens with zero attached hydrogens (tertiary/aromatic N) is 2. The summed E-state index contributed by atoms with van der Waals surface area (Å²) in [5.41, 5.74) is 2.62. The highest BCUT2D eigenvalue weighted by atomic mass is 16.5. The molecule has 31 heavy (non-hydrogen) atoms. The number of benzene rings is 2. The Hall–Kier alpha value is -3.54. The van der Waals surface area contributed by atoms with E-state index in [0.717, 1.165) is 47.2 Å². The Morgan fingerprint density at radius 2 is 2.03 bits per heavy atom. The van der Waals surface area contributed by atoms with Crippen LogP contribution in [0.15, 0.2) is 65.2 Å². The summed E-state index contributed by atoms with van der Waals surface area (Å²) < 4.78 is 11.6. The Kier molecular flexibility index (Phi) is 5.20. The summed E-state index contributed by atoms with van der Waals surface area (Å²) in [6.07, 6.45) is 5.24. The first-order valence-electron chi connectivity index (χ1n) is 10.7. The third-order valence-corrected chi connectivity index (χ3v) is 5.94. The molecule has 3 heterocycles. The molecule has 0 radical (unpaired) electrons. The van der Waals surface area contributed by atoms with Crippen molar-refractivity contribution in [2.45, 2.75) is 31.7 Å². The van der Waals surface area contributed by atoms with E-state index in [2.05, 4.69) is 9.97 Å². The van der Waals surface area contributed by atoms with E-state index >= 15 is 0 Å². The van der Waals surface area contributed by atoms with Crippen LogP contribution in [0.25, 0.3) is 10.9 Å². The molecule has 0 saturated carbocycles. The zero-order chi connectivity index (χ0) is 21.2. The molecule has 1 fully saturated rings. The van der Waals surface area contributed by atoms with Gasteiger partial charge in [0.05, 0.1) is 13.3 Å². The Morgan fingerprint density at radius 1 is 1.19 bits per heavy atom. The highest BCUT2D eigenvalue weighted by molar-refractivity contribution is 5.98. The number of aromatic nitrogens is 2. The van der Waals surface area contributed by atoms with Crippen LogP contribution in [0.2, 0.25) is 0 Å². The van der Waals surface area contributed by atoms with E-state index in [0.29, 0.717) is 24.6 Å². The average molecular weight is 415 g/mol. The maximum atomic E-state index is 13.3. The zero-order valence-corrected chi connectivity index (χ0v) is 17.5. The van der Waals surface area contributed by atoms with Crippen LogP contribution < -0.4 is 4.74 Å². The number of carbonyl (C=O) groups excluding carboxylic acids is 1. The van der Waals surface area contributed by atoms with Crippen molar-refractivity contribution in [3.8, 4) is 5.75 Å². The fourth-order valence-corrected chi connectivity index (χ4v) is 4.37. The van der Waals surface area contributed by atoms with Crippen molar-refractivity contribution < 1.29 is 13.9 Å². The Morgan fingerprint density at radius 3 is 2.90 bits per heavy atom. The van der Waals surface area contributed by atoms with E-state index in [1.807, 2.05) is 59.5 Å². The van der Waals surface area contributed by atoms with Gasteiger partial charge in [-0.05, 0) is 37.5 Å². The molecule has 0 spiro atoms. The van der Waals surface area contributed by atoms with Gasteiger partial charge in [-0.1, -0.05) is 36.4 Å². The maximum Gasteiger partial charge on any atom is 0.270 e. The molecule has 0 bridgehead atoms. The largest absolute Gasteiger partial charge is 0.496 e. The molecule has 4 aromatic rings. The number of H-pyrrole nitrogens is 1. The fraction of sp³-hybridized carbons (Fsp3) is 0.280. The number of fused-ring (bicyclic) bond motifs is 1. The molecule has 6 nitrogen and oxygen atoms in total. The van der Waals surface area contributed by atoms with Crippen molar-refractivity contribution in [3.63, 3.8) is 0 Å². The van der Waals surface area contributed by atoms with Crippen LogP contribution >= 0.6 is 0 Å². The van der Waals surface area contributed by atoms with E-state index in [1.165, 1.54) is 0 Å². The molecule has 1 unspecified atom stereocenters. The molecule has 1 amide bonds. The topological polar surface area (TPSA) is 71.4 Å². The Balaban J connectivity index is 1.39. The number of amides is 1. The van der Waals surface area contributed by atoms with Crippen LogP contribution in [-0.4, -0.2) is 34.4 Å². The standard InChI is InChI=1S/C25H25N3O3/c1-30-23-12-5-3-9-18(23)14-19-16-26-24(31-19)22-11-6-7-13-28(22)25(29)21-15-17-8-2-4-10-20(17)27-21/h2-5,8-10,12,15-16,22,27H,6-7,11,13-14H2,1H3. The molecular formula is C25H25N3O3. The molecule has 6 heteroatoms. The van der Waals surface area contributed by atoms with Crippen LogP contribution in [0.3, 0.4) is 0 Å². The third-order valence-electron chi connectivity index (χ3n) is 5.94. The van der Waals surface area contributed by atoms with Crippen molar-refractivity contribution >= 4 is 16.8 Å². The number of methoxy groups -OCH3 is 1. The first-order valence-corrected chi connectivity index (χ1v) is 10.7. The Bertz CT molecular complexity index is 1180. The molecule has 1 saturated heterocycles. The summed E-state index contributed by atoms with van der Waals surface area (Å²) in [5, 5.41) is 1.04. The SMILES string of the molecule is COc1ccccc1Cc1cnc(C2CCCCN2C(=O)c2cc3ccccc3[nH]2)o1. The van der Waals surface area contributed by atoms with Gasteiger partial charge in [0.25, 0.3) is 5.91 Å². The second-order valence-electron chi connectivity index (χ2n) is 7.93. The van der Waals surface area contributed by atoms with E-state index < -0.39 is 0 Å². The van der Waals surface area contributed by atoms with Crippen LogP contribution in [-0.2, 0) is 6.42 Å². The molecule has 1 aliphatic rings. The van der Waals surface area contributed by atoms with Crippen LogP contribution in [0, 0.1) is 0 Å². The molecular weight excluding hydrogens is 390 g/mol. The minimum atomic E-state index is -0.154. The van der Waals surface area contributed by atoms with Crippen molar-refractivity contribution in [1.82, 2.24) is 14.9 Å². The number of hydrogen-bond acceptors (Lipinski definition) is 4. The quantitative estimate of drug-likeness (QED) is 0.491. The van der Waals surface area contributed by atoms with Gasteiger partial charge >= 0.3 is 0 Å². The number of ether oxygens (including phenoxy) is 1. The number of nitrogens with one attached hydrogen (secondary N) is 1. The van der Waals surface area contributed by atoms with Crippen molar-refractivity contribution in [3.05, 3.63) is 83.7 Å². The molecule has 2 aromatic carbocycles. The van der Waals surface area contributed by atoms with Crippen LogP contribution in [0.4, 0.5) is 0 Å². The number of hydrogen-bond donors (Lipinski definition) is 1. The predicted molar refractivity (Wildman–Crippen MR) is 118 cm³/mol. The monoisotopic (exact) mass is 415 g/mol. The average Bonchev–Trinajstić information content (AvgIpc) is 3.46. The van der Waals surface area contributed by atoms with E-state index in [-0.39, 0.29) is 11.9 Å². The first-order chi connectivity index (χ1) is 15.2. The number of aromatic amines is 1. The number of oxazole rings is 1. The number of piperidine rings is 1. The lowest BCUT2D eigenvalue weighted by molar-refractivity contribution is 0.0565. The summed E-state index contributed by atoms with van der Waals surface area (Å²) in [6.45, 7) is 0.698. The number of carbonyl (C=O) groups is 1. The third kappa shape index (κ3) is 3.81. The second-order valence-corrected chi connectivity index (χ2v) is 7.93. The number of rotatable bonds is 5. The normalized spacial score (nSPS) is 16.5. The minimum absolute atomic E-state index is 0.00891. The second kappa shape index (κ2) is 8.30. The lowest BCUT2D eigenvalue weighted by Gasteiger charge is -2.33. The van der Waals surface area contributed by atoms with Crippen molar-refractivity contribution in [1.29, 1.82) is 0 Å². The summed E-state index contributed by atoms with van der Waals surface area (Å²) >= 11 is 0.